The van der Waals surface area contributed by atoms with E-state index in [1.54, 1.807) is 0 Å². The van der Waals surface area contributed by atoms with Crippen molar-refractivity contribution in [1.82, 2.24) is 9.80 Å². The van der Waals surface area contributed by atoms with E-state index in [1.165, 1.54) is 0 Å². The molecule has 7 heteroatoms. The molecule has 0 aromatic rings. The van der Waals surface area contributed by atoms with Gasteiger partial charge in [-0.25, -0.2) is 0 Å². The molecule has 1 amide bonds. The number of carbonyl (C=O) groups excluding carboxylic acids is 1. The van der Waals surface area contributed by atoms with Crippen LogP contribution in [0.3, 0.4) is 0 Å². The highest BCUT2D eigenvalue weighted by Crippen LogP contribution is 2.27. The van der Waals surface area contributed by atoms with Gasteiger partial charge in [0.25, 0.3) is 0 Å². The molecule has 2 fully saturated rings. The highest BCUT2D eigenvalue weighted by atomic mass is 35.5. The van der Waals surface area contributed by atoms with E-state index >= 15 is 0 Å². The molecular weight excluding hydrogens is 337 g/mol. The van der Waals surface area contributed by atoms with E-state index in [0.717, 1.165) is 65.1 Å². The number of hydrogen-bond acceptors (Lipinski definition) is 4. The minimum absolute atomic E-state index is 0. The van der Waals surface area contributed by atoms with Gasteiger partial charge in [-0.3, -0.25) is 9.69 Å². The first-order valence-electron chi connectivity index (χ1n) is 8.51. The SMILES string of the molecule is CCOCCN1CCN(C(=O)C2CCC(N)C2)CC1CC.Cl.Cl. The maximum absolute atomic E-state index is 12.6. The molecule has 1 heterocycles. The number of nitrogens with two attached hydrogens (primary N) is 1. The molecule has 3 atom stereocenters. The van der Waals surface area contributed by atoms with Crippen molar-refractivity contribution in [3.63, 3.8) is 0 Å². The molecule has 138 valence electrons. The Balaban J connectivity index is 0.00000242. The number of amides is 1. The lowest BCUT2D eigenvalue weighted by Crippen LogP contribution is -2.56. The van der Waals surface area contributed by atoms with Gasteiger partial charge in [0, 0.05) is 50.8 Å². The van der Waals surface area contributed by atoms with Gasteiger partial charge in [-0.2, -0.15) is 0 Å². The topological polar surface area (TPSA) is 58.8 Å². The summed E-state index contributed by atoms with van der Waals surface area (Å²) in [6.45, 7) is 9.47. The summed E-state index contributed by atoms with van der Waals surface area (Å²) in [5.41, 5.74) is 5.94. The molecule has 1 saturated carbocycles. The molecule has 1 aliphatic carbocycles. The lowest BCUT2D eigenvalue weighted by atomic mass is 10.0. The minimum atomic E-state index is 0. The second-order valence-electron chi connectivity index (χ2n) is 6.35. The normalized spacial score (nSPS) is 28.1. The smallest absolute Gasteiger partial charge is 0.225 e. The molecule has 2 rings (SSSR count). The fourth-order valence-electron chi connectivity index (χ4n) is 3.60. The first-order valence-corrected chi connectivity index (χ1v) is 8.51. The zero-order chi connectivity index (χ0) is 15.2. The van der Waals surface area contributed by atoms with Crippen LogP contribution < -0.4 is 5.73 Å². The Kier molecular flexibility index (Phi) is 11.4. The third kappa shape index (κ3) is 6.39. The number of ether oxygens (including phenoxy) is 1. The first kappa shape index (κ1) is 22.9. The molecule has 0 bridgehead atoms. The number of halogens is 2. The summed E-state index contributed by atoms with van der Waals surface area (Å²) in [5, 5.41) is 0. The van der Waals surface area contributed by atoms with Gasteiger partial charge in [0.05, 0.1) is 6.61 Å². The highest BCUT2D eigenvalue weighted by molar-refractivity contribution is 5.85. The van der Waals surface area contributed by atoms with Crippen molar-refractivity contribution in [1.29, 1.82) is 0 Å². The first-order chi connectivity index (χ1) is 10.2. The maximum atomic E-state index is 12.6. The Labute approximate surface area is 153 Å². The van der Waals surface area contributed by atoms with Crippen LogP contribution in [-0.2, 0) is 9.53 Å². The number of nitrogens with zero attached hydrogens (tertiary/aromatic N) is 2. The number of carbonyl (C=O) groups is 1. The maximum Gasteiger partial charge on any atom is 0.225 e. The number of rotatable bonds is 6. The van der Waals surface area contributed by atoms with E-state index in [4.69, 9.17) is 10.5 Å². The van der Waals surface area contributed by atoms with E-state index in [9.17, 15) is 4.79 Å². The van der Waals surface area contributed by atoms with Gasteiger partial charge in [0.15, 0.2) is 0 Å². The molecule has 0 spiro atoms. The molecular formula is C16H33Cl2N3O2. The van der Waals surface area contributed by atoms with Gasteiger partial charge in [0.1, 0.15) is 0 Å². The van der Waals surface area contributed by atoms with Gasteiger partial charge in [-0.15, -0.1) is 24.8 Å². The molecule has 0 aromatic carbocycles. The van der Waals surface area contributed by atoms with Crippen LogP contribution in [0.1, 0.15) is 39.5 Å². The van der Waals surface area contributed by atoms with Crippen LogP contribution in [0.2, 0.25) is 0 Å². The van der Waals surface area contributed by atoms with E-state index in [-0.39, 0.29) is 36.8 Å². The molecule has 1 saturated heterocycles. The van der Waals surface area contributed by atoms with Crippen LogP contribution in [0.15, 0.2) is 0 Å². The van der Waals surface area contributed by atoms with Crippen LogP contribution in [0.25, 0.3) is 0 Å². The predicted octanol–water partition coefficient (Wildman–Crippen LogP) is 1.92. The zero-order valence-corrected chi connectivity index (χ0v) is 16.0. The van der Waals surface area contributed by atoms with Crippen LogP contribution in [0.4, 0.5) is 0 Å². The lowest BCUT2D eigenvalue weighted by Gasteiger charge is -2.42. The van der Waals surface area contributed by atoms with Crippen LogP contribution in [0.5, 0.6) is 0 Å². The van der Waals surface area contributed by atoms with E-state index in [1.807, 2.05) is 6.92 Å². The van der Waals surface area contributed by atoms with Crippen LogP contribution in [0, 0.1) is 5.92 Å². The highest BCUT2D eigenvalue weighted by Gasteiger charge is 2.34. The summed E-state index contributed by atoms with van der Waals surface area (Å²) in [7, 11) is 0. The summed E-state index contributed by atoms with van der Waals surface area (Å²) in [5.74, 6) is 0.512. The van der Waals surface area contributed by atoms with Crippen molar-refractivity contribution in [2.45, 2.75) is 51.6 Å². The molecule has 2 aliphatic rings. The van der Waals surface area contributed by atoms with Gasteiger partial charge in [0.2, 0.25) is 5.91 Å². The summed E-state index contributed by atoms with van der Waals surface area (Å²) in [6.07, 6.45) is 3.93. The third-order valence-corrected chi connectivity index (χ3v) is 4.94. The summed E-state index contributed by atoms with van der Waals surface area (Å²) in [6, 6.07) is 0.701. The fourth-order valence-corrected chi connectivity index (χ4v) is 3.60. The summed E-state index contributed by atoms with van der Waals surface area (Å²) in [4.78, 5) is 17.2. The van der Waals surface area contributed by atoms with Crippen molar-refractivity contribution < 1.29 is 9.53 Å². The Morgan fingerprint density at radius 3 is 2.52 bits per heavy atom. The molecule has 23 heavy (non-hydrogen) atoms. The Hall–Kier alpha value is -0.0700. The second kappa shape index (κ2) is 11.5. The standard InChI is InChI=1S/C16H31N3O2.2ClH/c1-3-15-12-19(8-7-18(15)9-10-21-4-2)16(20)13-5-6-14(17)11-13;;/h13-15H,3-12,17H2,1-2H3;2*1H. The van der Waals surface area contributed by atoms with Crippen molar-refractivity contribution in [2.24, 2.45) is 11.7 Å². The molecule has 3 unspecified atom stereocenters. The summed E-state index contributed by atoms with van der Waals surface area (Å²) < 4.78 is 5.46. The number of hydrogen-bond donors (Lipinski definition) is 1. The fraction of sp³-hybridized carbons (Fsp3) is 0.938. The minimum Gasteiger partial charge on any atom is -0.380 e. The van der Waals surface area contributed by atoms with Crippen molar-refractivity contribution in [3.8, 4) is 0 Å². The molecule has 0 aromatic heterocycles. The van der Waals surface area contributed by atoms with Crippen molar-refractivity contribution in [2.75, 3.05) is 39.4 Å². The monoisotopic (exact) mass is 369 g/mol. The van der Waals surface area contributed by atoms with Crippen LogP contribution in [-0.4, -0.2) is 67.2 Å². The number of piperazine rings is 1. The third-order valence-electron chi connectivity index (χ3n) is 4.94. The van der Waals surface area contributed by atoms with Crippen LogP contribution >= 0.6 is 24.8 Å². The van der Waals surface area contributed by atoms with E-state index in [0.29, 0.717) is 11.9 Å². The predicted molar refractivity (Wildman–Crippen MR) is 98.5 cm³/mol. The van der Waals surface area contributed by atoms with E-state index in [2.05, 4.69) is 16.7 Å². The van der Waals surface area contributed by atoms with Crippen molar-refractivity contribution in [3.05, 3.63) is 0 Å². The Bertz CT molecular complexity index is 347. The van der Waals surface area contributed by atoms with E-state index < -0.39 is 0 Å². The lowest BCUT2D eigenvalue weighted by molar-refractivity contribution is -0.138. The zero-order valence-electron chi connectivity index (χ0n) is 14.4. The largest absolute Gasteiger partial charge is 0.380 e. The average molecular weight is 370 g/mol. The Morgan fingerprint density at radius 1 is 1.22 bits per heavy atom. The quantitative estimate of drug-likeness (QED) is 0.726. The van der Waals surface area contributed by atoms with Gasteiger partial charge in [-0.05, 0) is 32.6 Å². The average Bonchev–Trinajstić information content (AvgIpc) is 2.93. The molecule has 0 radical (unpaired) electrons. The second-order valence-corrected chi connectivity index (χ2v) is 6.35. The molecule has 1 aliphatic heterocycles. The summed E-state index contributed by atoms with van der Waals surface area (Å²) >= 11 is 0. The molecule has 5 nitrogen and oxygen atoms in total. The Morgan fingerprint density at radius 2 is 1.96 bits per heavy atom. The van der Waals surface area contributed by atoms with Gasteiger partial charge < -0.3 is 15.4 Å². The van der Waals surface area contributed by atoms with Gasteiger partial charge in [-0.1, -0.05) is 6.92 Å². The molecule has 2 N–H and O–H groups in total. The van der Waals surface area contributed by atoms with Gasteiger partial charge >= 0.3 is 0 Å². The van der Waals surface area contributed by atoms with Crippen molar-refractivity contribution >= 4 is 30.7 Å².